The van der Waals surface area contributed by atoms with E-state index in [1.165, 1.54) is 25.7 Å². The highest BCUT2D eigenvalue weighted by Gasteiger charge is 2.17. The SMILES string of the molecule is CCCCC(CC)CC(COC(C)(C)C)NN. The monoisotopic (exact) mass is 244 g/mol. The third-order valence-electron chi connectivity index (χ3n) is 3.11. The van der Waals surface area contributed by atoms with E-state index >= 15 is 0 Å². The Kier molecular flexibility index (Phi) is 8.83. The van der Waals surface area contributed by atoms with Gasteiger partial charge in [0.25, 0.3) is 0 Å². The van der Waals surface area contributed by atoms with Crippen molar-refractivity contribution >= 4 is 0 Å². The largest absolute Gasteiger partial charge is 0.374 e. The van der Waals surface area contributed by atoms with E-state index in [-0.39, 0.29) is 11.6 Å². The molecule has 2 unspecified atom stereocenters. The fourth-order valence-corrected chi connectivity index (χ4v) is 1.92. The first kappa shape index (κ1) is 16.9. The van der Waals surface area contributed by atoms with E-state index in [1.807, 2.05) is 0 Å². The third-order valence-corrected chi connectivity index (χ3v) is 3.11. The van der Waals surface area contributed by atoms with Crippen LogP contribution in [0.4, 0.5) is 0 Å². The third kappa shape index (κ3) is 9.57. The van der Waals surface area contributed by atoms with Crippen LogP contribution >= 0.6 is 0 Å². The lowest BCUT2D eigenvalue weighted by Crippen LogP contribution is -2.42. The normalized spacial score (nSPS) is 15.9. The first-order valence-corrected chi connectivity index (χ1v) is 7.03. The van der Waals surface area contributed by atoms with Crippen LogP contribution in [0.25, 0.3) is 0 Å². The summed E-state index contributed by atoms with van der Waals surface area (Å²) in [6.07, 6.45) is 6.24. The lowest BCUT2D eigenvalue weighted by Gasteiger charge is -2.26. The Morgan fingerprint density at radius 2 is 1.88 bits per heavy atom. The van der Waals surface area contributed by atoms with Gasteiger partial charge in [0.1, 0.15) is 0 Å². The number of ether oxygens (including phenoxy) is 1. The Labute approximate surface area is 107 Å². The molecule has 104 valence electrons. The molecule has 3 N–H and O–H groups in total. The van der Waals surface area contributed by atoms with E-state index in [9.17, 15) is 0 Å². The lowest BCUT2D eigenvalue weighted by atomic mass is 9.92. The molecule has 0 rings (SSSR count). The minimum Gasteiger partial charge on any atom is -0.374 e. The van der Waals surface area contributed by atoms with Gasteiger partial charge in [-0.15, -0.1) is 0 Å². The molecule has 0 aliphatic carbocycles. The van der Waals surface area contributed by atoms with Crippen molar-refractivity contribution in [1.29, 1.82) is 0 Å². The molecule has 3 heteroatoms. The van der Waals surface area contributed by atoms with Crippen molar-refractivity contribution in [2.75, 3.05) is 6.61 Å². The van der Waals surface area contributed by atoms with Crippen molar-refractivity contribution in [1.82, 2.24) is 5.43 Å². The molecule has 0 aromatic carbocycles. The van der Waals surface area contributed by atoms with Crippen molar-refractivity contribution in [2.24, 2.45) is 11.8 Å². The van der Waals surface area contributed by atoms with Crippen LogP contribution in [0.2, 0.25) is 0 Å². The Morgan fingerprint density at radius 3 is 2.29 bits per heavy atom. The molecule has 0 aromatic heterocycles. The molecule has 0 saturated heterocycles. The maximum Gasteiger partial charge on any atom is 0.0640 e. The van der Waals surface area contributed by atoms with Crippen LogP contribution in [-0.2, 0) is 4.74 Å². The van der Waals surface area contributed by atoms with E-state index in [1.54, 1.807) is 0 Å². The van der Waals surface area contributed by atoms with Gasteiger partial charge in [0.05, 0.1) is 12.2 Å². The maximum absolute atomic E-state index is 5.79. The highest BCUT2D eigenvalue weighted by molar-refractivity contribution is 4.71. The second-order valence-corrected chi connectivity index (χ2v) is 5.94. The summed E-state index contributed by atoms with van der Waals surface area (Å²) in [5.41, 5.74) is 2.81. The van der Waals surface area contributed by atoms with Crippen LogP contribution in [0.3, 0.4) is 0 Å². The van der Waals surface area contributed by atoms with Crippen molar-refractivity contribution in [3.63, 3.8) is 0 Å². The summed E-state index contributed by atoms with van der Waals surface area (Å²) in [5, 5.41) is 0. The minimum atomic E-state index is -0.0831. The van der Waals surface area contributed by atoms with Gasteiger partial charge in [-0.05, 0) is 33.1 Å². The zero-order valence-electron chi connectivity index (χ0n) is 12.4. The predicted molar refractivity (Wildman–Crippen MR) is 74.7 cm³/mol. The molecule has 0 aromatic rings. The molecule has 3 nitrogen and oxygen atoms in total. The molecular weight excluding hydrogens is 212 g/mol. The van der Waals surface area contributed by atoms with Crippen molar-refractivity contribution in [3.05, 3.63) is 0 Å². The van der Waals surface area contributed by atoms with Gasteiger partial charge < -0.3 is 4.74 Å². The van der Waals surface area contributed by atoms with Gasteiger partial charge in [-0.25, -0.2) is 0 Å². The molecule has 0 bridgehead atoms. The van der Waals surface area contributed by atoms with Crippen molar-refractivity contribution in [2.45, 2.75) is 78.4 Å². The molecule has 17 heavy (non-hydrogen) atoms. The number of hydrogen-bond acceptors (Lipinski definition) is 3. The molecular formula is C14H32N2O. The summed E-state index contributed by atoms with van der Waals surface area (Å²) in [5.74, 6) is 6.37. The number of hydrazine groups is 1. The van der Waals surface area contributed by atoms with Crippen LogP contribution in [0.15, 0.2) is 0 Å². The smallest absolute Gasteiger partial charge is 0.0640 e. The molecule has 0 aliphatic rings. The topological polar surface area (TPSA) is 47.3 Å². The summed E-state index contributed by atoms with van der Waals surface area (Å²) in [4.78, 5) is 0. The van der Waals surface area contributed by atoms with E-state index < -0.39 is 0 Å². The fourth-order valence-electron chi connectivity index (χ4n) is 1.92. The zero-order valence-corrected chi connectivity index (χ0v) is 12.4. The highest BCUT2D eigenvalue weighted by Crippen LogP contribution is 2.19. The number of nitrogens with one attached hydrogen (secondary N) is 1. The first-order valence-electron chi connectivity index (χ1n) is 7.03. The van der Waals surface area contributed by atoms with Gasteiger partial charge in [-0.2, -0.15) is 0 Å². The predicted octanol–water partition coefficient (Wildman–Crippen LogP) is 3.24. The Balaban J connectivity index is 3.99. The van der Waals surface area contributed by atoms with E-state index in [0.29, 0.717) is 6.61 Å². The van der Waals surface area contributed by atoms with Crippen molar-refractivity contribution < 1.29 is 4.74 Å². The second kappa shape index (κ2) is 8.90. The fraction of sp³-hybridized carbons (Fsp3) is 1.00. The van der Waals surface area contributed by atoms with Gasteiger partial charge >= 0.3 is 0 Å². The van der Waals surface area contributed by atoms with Crippen LogP contribution < -0.4 is 11.3 Å². The Bertz CT molecular complexity index is 178. The zero-order chi connectivity index (χ0) is 13.3. The summed E-state index contributed by atoms with van der Waals surface area (Å²) in [7, 11) is 0. The average Bonchev–Trinajstić information content (AvgIpc) is 2.27. The highest BCUT2D eigenvalue weighted by atomic mass is 16.5. The number of unbranched alkanes of at least 4 members (excludes halogenated alkanes) is 1. The van der Waals surface area contributed by atoms with Gasteiger partial charge in [0.15, 0.2) is 0 Å². The Morgan fingerprint density at radius 1 is 1.24 bits per heavy atom. The molecule has 0 saturated carbocycles. The van der Waals surface area contributed by atoms with Gasteiger partial charge in [0, 0.05) is 6.04 Å². The molecule has 0 radical (unpaired) electrons. The molecule has 0 fully saturated rings. The Hall–Kier alpha value is -0.120. The van der Waals surface area contributed by atoms with Crippen LogP contribution in [0.5, 0.6) is 0 Å². The molecule has 0 spiro atoms. The van der Waals surface area contributed by atoms with Crippen LogP contribution in [-0.4, -0.2) is 18.2 Å². The standard InChI is InChI=1S/C14H32N2O/c1-6-8-9-12(7-2)10-13(16-15)11-17-14(3,4)5/h12-13,16H,6-11,15H2,1-5H3. The lowest BCUT2D eigenvalue weighted by molar-refractivity contribution is -0.0175. The molecule has 2 atom stereocenters. The maximum atomic E-state index is 5.79. The number of hydrogen-bond donors (Lipinski definition) is 2. The van der Waals surface area contributed by atoms with Gasteiger partial charge in [-0.3, -0.25) is 11.3 Å². The van der Waals surface area contributed by atoms with Crippen molar-refractivity contribution in [3.8, 4) is 0 Å². The van der Waals surface area contributed by atoms with Crippen LogP contribution in [0.1, 0.15) is 66.7 Å². The summed E-state index contributed by atoms with van der Waals surface area (Å²) < 4.78 is 5.79. The van der Waals surface area contributed by atoms with E-state index in [0.717, 1.165) is 12.3 Å². The quantitative estimate of drug-likeness (QED) is 0.483. The van der Waals surface area contributed by atoms with Crippen LogP contribution in [0, 0.1) is 5.92 Å². The summed E-state index contributed by atoms with van der Waals surface area (Å²) in [6, 6.07) is 0.274. The van der Waals surface area contributed by atoms with Gasteiger partial charge in [-0.1, -0.05) is 39.5 Å². The van der Waals surface area contributed by atoms with Gasteiger partial charge in [0.2, 0.25) is 0 Å². The van der Waals surface area contributed by atoms with E-state index in [4.69, 9.17) is 10.6 Å². The molecule has 0 heterocycles. The number of nitrogens with two attached hydrogens (primary N) is 1. The second-order valence-electron chi connectivity index (χ2n) is 5.94. The van der Waals surface area contributed by atoms with E-state index in [2.05, 4.69) is 40.0 Å². The summed E-state index contributed by atoms with van der Waals surface area (Å²) in [6.45, 7) is 11.4. The summed E-state index contributed by atoms with van der Waals surface area (Å²) >= 11 is 0. The minimum absolute atomic E-state index is 0.0831. The first-order chi connectivity index (χ1) is 7.92. The molecule has 0 amide bonds. The number of rotatable bonds is 9. The average molecular weight is 244 g/mol. The molecule has 0 aliphatic heterocycles.